The Labute approximate surface area is 54.3 Å². The van der Waals surface area contributed by atoms with Crippen molar-refractivity contribution >= 4 is 19.6 Å². The number of hydrogen-bond acceptors (Lipinski definition) is 2. The molecule has 1 aromatic heterocycles. The third-order valence-electron chi connectivity index (χ3n) is 0.917. The smallest absolute Gasteiger partial charge is 0.151 e. The van der Waals surface area contributed by atoms with E-state index < -0.39 is 0 Å². The monoisotopic (exact) mass is 117 g/mol. The summed E-state index contributed by atoms with van der Waals surface area (Å²) in [6, 6.07) is 1.57. The summed E-state index contributed by atoms with van der Waals surface area (Å²) in [6.45, 7) is 0. The van der Waals surface area contributed by atoms with Gasteiger partial charge in [-0.1, -0.05) is 11.5 Å². The van der Waals surface area contributed by atoms with Crippen LogP contribution in [-0.2, 0) is 0 Å². The molecule has 0 aromatic carbocycles. The van der Waals surface area contributed by atoms with Gasteiger partial charge in [-0.2, -0.15) is 0 Å². The predicted molar refractivity (Wildman–Crippen MR) is 35.0 cm³/mol. The van der Waals surface area contributed by atoms with Crippen LogP contribution in [0.5, 0.6) is 0 Å². The summed E-state index contributed by atoms with van der Waals surface area (Å²) in [5.74, 6) is 0. The molecule has 0 saturated heterocycles. The van der Waals surface area contributed by atoms with E-state index in [4.69, 9.17) is 7.85 Å². The van der Waals surface area contributed by atoms with Gasteiger partial charge in [0.1, 0.15) is 7.85 Å². The Bertz CT molecular complexity index is 224. The van der Waals surface area contributed by atoms with E-state index in [0.717, 1.165) is 0 Å². The van der Waals surface area contributed by atoms with Crippen molar-refractivity contribution in [2.45, 2.75) is 0 Å². The lowest BCUT2D eigenvalue weighted by molar-refractivity contribution is 0.112. The lowest BCUT2D eigenvalue weighted by Gasteiger charge is -1.89. The summed E-state index contributed by atoms with van der Waals surface area (Å²) in [4.78, 5) is 13.8. The predicted octanol–water partition coefficient (Wildman–Crippen LogP) is -0.312. The van der Waals surface area contributed by atoms with Crippen molar-refractivity contribution < 1.29 is 4.79 Å². The Morgan fingerprint density at radius 3 is 2.78 bits per heavy atom. The molecule has 2 nitrogen and oxygen atoms in total. The van der Waals surface area contributed by atoms with Gasteiger partial charge in [0.05, 0.1) is 0 Å². The first kappa shape index (κ1) is 6.01. The summed E-state index contributed by atoms with van der Waals surface area (Å²) >= 11 is 0. The van der Waals surface area contributed by atoms with Crippen LogP contribution in [0, 0.1) is 0 Å². The van der Waals surface area contributed by atoms with Crippen molar-refractivity contribution in [2.24, 2.45) is 0 Å². The van der Waals surface area contributed by atoms with Crippen molar-refractivity contribution in [1.29, 1.82) is 0 Å². The maximum Gasteiger partial charge on any atom is 0.151 e. The number of aromatic nitrogens is 1. The highest BCUT2D eigenvalue weighted by atomic mass is 16.1. The molecule has 42 valence electrons. The van der Waals surface area contributed by atoms with Crippen LogP contribution in [0.2, 0.25) is 0 Å². The number of rotatable bonds is 1. The van der Waals surface area contributed by atoms with Gasteiger partial charge in [-0.3, -0.25) is 9.78 Å². The van der Waals surface area contributed by atoms with Crippen LogP contribution >= 0.6 is 0 Å². The Morgan fingerprint density at radius 2 is 2.33 bits per heavy atom. The molecule has 1 rings (SSSR count). The van der Waals surface area contributed by atoms with Gasteiger partial charge in [-0.15, -0.1) is 0 Å². The van der Waals surface area contributed by atoms with E-state index in [2.05, 4.69) is 4.98 Å². The van der Waals surface area contributed by atoms with E-state index >= 15 is 0 Å². The molecule has 0 bridgehead atoms. The van der Waals surface area contributed by atoms with Crippen LogP contribution < -0.4 is 5.46 Å². The standard InChI is InChI=1S/C6H4BNO/c7-6-1-5(4-9)2-8-3-6/h1-4H. The molecule has 0 amide bonds. The molecule has 0 atom stereocenters. The number of nitrogens with zero attached hydrogens (tertiary/aromatic N) is 1. The molecule has 0 aliphatic carbocycles. The van der Waals surface area contributed by atoms with Crippen molar-refractivity contribution in [2.75, 3.05) is 0 Å². The second-order valence-electron chi connectivity index (χ2n) is 1.67. The van der Waals surface area contributed by atoms with Gasteiger partial charge in [0.15, 0.2) is 6.29 Å². The van der Waals surface area contributed by atoms with Gasteiger partial charge < -0.3 is 0 Å². The third-order valence-corrected chi connectivity index (χ3v) is 0.917. The number of hydrogen-bond donors (Lipinski definition) is 0. The van der Waals surface area contributed by atoms with Crippen molar-refractivity contribution in [3.05, 3.63) is 24.0 Å². The Balaban J connectivity index is 3.07. The van der Waals surface area contributed by atoms with Crippen LogP contribution in [0.3, 0.4) is 0 Å². The molecule has 0 N–H and O–H groups in total. The first-order chi connectivity index (χ1) is 4.33. The first-order valence-corrected chi connectivity index (χ1v) is 2.48. The minimum absolute atomic E-state index is 0.509. The third kappa shape index (κ3) is 1.39. The normalized spacial score (nSPS) is 8.89. The lowest BCUT2D eigenvalue weighted by Crippen LogP contribution is -2.03. The van der Waals surface area contributed by atoms with E-state index in [-0.39, 0.29) is 0 Å². The van der Waals surface area contributed by atoms with Gasteiger partial charge in [0, 0.05) is 18.0 Å². The number of carbonyl (C=O) groups is 1. The molecule has 0 aliphatic rings. The zero-order valence-electron chi connectivity index (χ0n) is 4.74. The topological polar surface area (TPSA) is 30.0 Å². The molecule has 0 fully saturated rings. The second kappa shape index (κ2) is 2.44. The second-order valence-corrected chi connectivity index (χ2v) is 1.67. The largest absolute Gasteiger partial charge is 0.298 e. The quantitative estimate of drug-likeness (QED) is 0.373. The number of aldehydes is 1. The fourth-order valence-electron chi connectivity index (χ4n) is 0.541. The van der Waals surface area contributed by atoms with E-state index in [1.54, 1.807) is 6.07 Å². The fraction of sp³-hybridized carbons (Fsp3) is 0. The highest BCUT2D eigenvalue weighted by molar-refractivity contribution is 6.32. The van der Waals surface area contributed by atoms with Gasteiger partial charge in [-0.05, 0) is 0 Å². The summed E-state index contributed by atoms with van der Waals surface area (Å²) in [6.07, 6.45) is 3.67. The van der Waals surface area contributed by atoms with Gasteiger partial charge in [0.2, 0.25) is 0 Å². The van der Waals surface area contributed by atoms with Gasteiger partial charge in [0.25, 0.3) is 0 Å². The van der Waals surface area contributed by atoms with E-state index in [0.29, 0.717) is 17.3 Å². The van der Waals surface area contributed by atoms with E-state index in [9.17, 15) is 4.79 Å². The van der Waals surface area contributed by atoms with E-state index in [1.165, 1.54) is 12.4 Å². The van der Waals surface area contributed by atoms with Crippen LogP contribution in [0.1, 0.15) is 10.4 Å². The Kier molecular flexibility index (Phi) is 1.63. The molecule has 0 unspecified atom stereocenters. The highest BCUT2D eigenvalue weighted by Crippen LogP contribution is 1.85. The van der Waals surface area contributed by atoms with Crippen LogP contribution in [-0.4, -0.2) is 19.1 Å². The van der Waals surface area contributed by atoms with Crippen molar-refractivity contribution in [1.82, 2.24) is 4.98 Å². The summed E-state index contributed by atoms with van der Waals surface area (Å²) in [5, 5.41) is 0. The summed E-state index contributed by atoms with van der Waals surface area (Å²) in [7, 11) is 5.31. The summed E-state index contributed by atoms with van der Waals surface area (Å²) in [5.41, 5.74) is 1.02. The summed E-state index contributed by atoms with van der Waals surface area (Å²) < 4.78 is 0. The Morgan fingerprint density at radius 1 is 1.56 bits per heavy atom. The zero-order chi connectivity index (χ0) is 6.69. The molecule has 1 aromatic rings. The SMILES string of the molecule is [B]c1cncc(C=O)c1. The molecule has 0 aliphatic heterocycles. The van der Waals surface area contributed by atoms with Crippen LogP contribution in [0.15, 0.2) is 18.5 Å². The molecule has 0 spiro atoms. The molecular weight excluding hydrogens is 113 g/mol. The van der Waals surface area contributed by atoms with E-state index in [1.807, 2.05) is 0 Å². The molecule has 1 heterocycles. The average Bonchev–Trinajstić information content (AvgIpc) is 1.88. The maximum atomic E-state index is 10.1. The van der Waals surface area contributed by atoms with Gasteiger partial charge >= 0.3 is 0 Å². The molecular formula is C6H4BNO. The first-order valence-electron chi connectivity index (χ1n) is 2.48. The maximum absolute atomic E-state index is 10.1. The zero-order valence-corrected chi connectivity index (χ0v) is 4.74. The molecule has 9 heavy (non-hydrogen) atoms. The lowest BCUT2D eigenvalue weighted by atomic mass is 9.98. The van der Waals surface area contributed by atoms with Crippen LogP contribution in [0.25, 0.3) is 0 Å². The molecule has 0 saturated carbocycles. The Hall–Kier alpha value is -1.12. The number of pyridine rings is 1. The minimum atomic E-state index is 0.509. The highest BCUT2D eigenvalue weighted by Gasteiger charge is 1.87. The minimum Gasteiger partial charge on any atom is -0.298 e. The van der Waals surface area contributed by atoms with Gasteiger partial charge in [-0.25, -0.2) is 0 Å². The average molecular weight is 117 g/mol. The molecule has 2 radical (unpaired) electrons. The number of carbonyl (C=O) groups excluding carboxylic acids is 1. The van der Waals surface area contributed by atoms with Crippen molar-refractivity contribution in [3.8, 4) is 0 Å². The van der Waals surface area contributed by atoms with Crippen LogP contribution in [0.4, 0.5) is 0 Å². The fourth-order valence-corrected chi connectivity index (χ4v) is 0.541. The molecule has 3 heteroatoms. The van der Waals surface area contributed by atoms with Crippen molar-refractivity contribution in [3.63, 3.8) is 0 Å².